The van der Waals surface area contributed by atoms with Crippen molar-refractivity contribution in [3.8, 4) is 0 Å². The first kappa shape index (κ1) is 23.4. The fourth-order valence-corrected chi connectivity index (χ4v) is 3.05. The van der Waals surface area contributed by atoms with E-state index < -0.39 is 12.2 Å². The van der Waals surface area contributed by atoms with Crippen LogP contribution < -0.4 is 0 Å². The van der Waals surface area contributed by atoms with Crippen LogP contribution in [0, 0.1) is 5.92 Å². The minimum Gasteiger partial charge on any atom is -0.469 e. The van der Waals surface area contributed by atoms with Gasteiger partial charge in [-0.25, -0.2) is 0 Å². The zero-order chi connectivity index (χ0) is 18.2. The number of hydrogen-bond acceptors (Lipinski definition) is 4. The van der Waals surface area contributed by atoms with E-state index in [1.807, 2.05) is 6.92 Å². The number of methoxy groups -OCH3 is 1. The number of carbonyl (C=O) groups excluding carboxylic acids is 1. The Kier molecular flexibility index (Phi) is 15.5. The molecule has 0 rings (SSSR count). The maximum absolute atomic E-state index is 11.0. The number of aliphatic hydroxyl groups is 2. The molecule has 0 aliphatic rings. The van der Waals surface area contributed by atoms with Crippen molar-refractivity contribution >= 4 is 5.97 Å². The minimum absolute atomic E-state index is 0.129. The number of esters is 1. The lowest BCUT2D eigenvalue weighted by molar-refractivity contribution is -0.140. The van der Waals surface area contributed by atoms with Gasteiger partial charge in [-0.05, 0) is 25.2 Å². The molecule has 0 amide bonds. The average Bonchev–Trinajstić information content (AvgIpc) is 2.59. The molecule has 0 saturated heterocycles. The molecule has 0 spiro atoms. The summed E-state index contributed by atoms with van der Waals surface area (Å²) < 4.78 is 4.61. The molecule has 0 heterocycles. The smallest absolute Gasteiger partial charge is 0.305 e. The monoisotopic (exact) mass is 344 g/mol. The van der Waals surface area contributed by atoms with Gasteiger partial charge in [-0.1, -0.05) is 71.6 Å². The highest BCUT2D eigenvalue weighted by Gasteiger charge is 2.21. The predicted octanol–water partition coefficient (Wildman–Crippen LogP) is 4.61. The predicted molar refractivity (Wildman–Crippen MR) is 98.9 cm³/mol. The van der Waals surface area contributed by atoms with Gasteiger partial charge in [-0.15, -0.1) is 0 Å². The molecule has 4 nitrogen and oxygen atoms in total. The maximum atomic E-state index is 11.0. The van der Waals surface area contributed by atoms with E-state index in [0.717, 1.165) is 51.4 Å². The summed E-state index contributed by atoms with van der Waals surface area (Å²) in [7, 11) is 1.43. The van der Waals surface area contributed by atoms with E-state index >= 15 is 0 Å². The highest BCUT2D eigenvalue weighted by atomic mass is 16.5. The Hall–Kier alpha value is -0.610. The summed E-state index contributed by atoms with van der Waals surface area (Å²) in [6.07, 6.45) is 12.1. The van der Waals surface area contributed by atoms with Crippen molar-refractivity contribution in [2.75, 3.05) is 7.11 Å². The maximum Gasteiger partial charge on any atom is 0.305 e. The van der Waals surface area contributed by atoms with Crippen molar-refractivity contribution in [2.24, 2.45) is 5.92 Å². The van der Waals surface area contributed by atoms with Crippen LogP contribution in [0.2, 0.25) is 0 Å². The highest BCUT2D eigenvalue weighted by Crippen LogP contribution is 2.20. The quantitative estimate of drug-likeness (QED) is 0.317. The Balaban J connectivity index is 3.60. The van der Waals surface area contributed by atoms with Gasteiger partial charge in [0.2, 0.25) is 0 Å². The van der Waals surface area contributed by atoms with E-state index in [0.29, 0.717) is 12.8 Å². The Morgan fingerprint density at radius 3 is 2.04 bits per heavy atom. The third-order valence-electron chi connectivity index (χ3n) is 4.85. The topological polar surface area (TPSA) is 66.8 Å². The fourth-order valence-electron chi connectivity index (χ4n) is 3.05. The molecule has 0 saturated carbocycles. The van der Waals surface area contributed by atoms with Crippen LogP contribution in [0.3, 0.4) is 0 Å². The Bertz CT molecular complexity index is 293. The van der Waals surface area contributed by atoms with Crippen LogP contribution in [0.5, 0.6) is 0 Å². The van der Waals surface area contributed by atoms with Gasteiger partial charge in [0, 0.05) is 6.42 Å². The summed E-state index contributed by atoms with van der Waals surface area (Å²) >= 11 is 0. The molecule has 2 N–H and O–H groups in total. The van der Waals surface area contributed by atoms with Crippen LogP contribution in [-0.4, -0.2) is 35.5 Å². The number of ether oxygens (including phenoxy) is 1. The molecule has 0 aliphatic heterocycles. The lowest BCUT2D eigenvalue weighted by Crippen LogP contribution is -2.32. The minimum atomic E-state index is -0.601. The molecule has 0 bridgehead atoms. The SMILES string of the molecule is CCCCCCCC(O)C(O)C(C)CCCCCCCC(=O)OC. The number of aliphatic hydroxyl groups excluding tert-OH is 2. The van der Waals surface area contributed by atoms with E-state index in [9.17, 15) is 15.0 Å². The van der Waals surface area contributed by atoms with Crippen LogP contribution in [0.4, 0.5) is 0 Å². The number of unbranched alkanes of at least 4 members (excludes halogenated alkanes) is 8. The zero-order valence-corrected chi connectivity index (χ0v) is 16.1. The van der Waals surface area contributed by atoms with E-state index in [4.69, 9.17) is 0 Å². The number of rotatable bonds is 16. The van der Waals surface area contributed by atoms with Crippen LogP contribution >= 0.6 is 0 Å². The van der Waals surface area contributed by atoms with E-state index in [1.54, 1.807) is 0 Å². The van der Waals surface area contributed by atoms with Crippen LogP contribution in [0.15, 0.2) is 0 Å². The molecule has 144 valence electrons. The van der Waals surface area contributed by atoms with Crippen molar-refractivity contribution in [3.63, 3.8) is 0 Å². The largest absolute Gasteiger partial charge is 0.469 e. The molecule has 0 radical (unpaired) electrons. The second kappa shape index (κ2) is 15.9. The first-order valence-electron chi connectivity index (χ1n) is 9.95. The summed E-state index contributed by atoms with van der Waals surface area (Å²) in [5, 5.41) is 20.3. The lowest BCUT2D eigenvalue weighted by atomic mass is 9.91. The molecule has 0 aliphatic carbocycles. The fraction of sp³-hybridized carbons (Fsp3) is 0.950. The molecule has 0 fully saturated rings. The molecule has 4 heteroatoms. The summed E-state index contributed by atoms with van der Waals surface area (Å²) in [6.45, 7) is 4.22. The van der Waals surface area contributed by atoms with Gasteiger partial charge in [0.05, 0.1) is 19.3 Å². The lowest BCUT2D eigenvalue weighted by Gasteiger charge is -2.24. The highest BCUT2D eigenvalue weighted by molar-refractivity contribution is 5.68. The first-order valence-corrected chi connectivity index (χ1v) is 9.95. The van der Waals surface area contributed by atoms with Gasteiger partial charge >= 0.3 is 5.97 Å². The summed E-state index contributed by atoms with van der Waals surface area (Å²) in [4.78, 5) is 11.0. The van der Waals surface area contributed by atoms with Gasteiger partial charge in [-0.3, -0.25) is 4.79 Å². The molecule has 3 unspecified atom stereocenters. The van der Waals surface area contributed by atoms with E-state index in [1.165, 1.54) is 26.4 Å². The van der Waals surface area contributed by atoms with Crippen molar-refractivity contribution in [2.45, 2.75) is 110 Å². The van der Waals surface area contributed by atoms with Crippen molar-refractivity contribution < 1.29 is 19.7 Å². The third kappa shape index (κ3) is 12.8. The van der Waals surface area contributed by atoms with Gasteiger partial charge in [0.25, 0.3) is 0 Å². The molecule has 0 aromatic carbocycles. The molecular formula is C20H40O4. The summed E-state index contributed by atoms with van der Waals surface area (Å²) in [5.74, 6) is 0.0149. The summed E-state index contributed by atoms with van der Waals surface area (Å²) in [5.41, 5.74) is 0. The van der Waals surface area contributed by atoms with Crippen molar-refractivity contribution in [3.05, 3.63) is 0 Å². The second-order valence-electron chi connectivity index (χ2n) is 7.12. The van der Waals surface area contributed by atoms with Crippen LogP contribution in [0.25, 0.3) is 0 Å². The van der Waals surface area contributed by atoms with Crippen molar-refractivity contribution in [1.82, 2.24) is 0 Å². The van der Waals surface area contributed by atoms with E-state index in [2.05, 4.69) is 11.7 Å². The molecule has 3 atom stereocenters. The van der Waals surface area contributed by atoms with Crippen LogP contribution in [0.1, 0.15) is 97.3 Å². The van der Waals surface area contributed by atoms with Crippen LogP contribution in [-0.2, 0) is 9.53 Å². The standard InChI is InChI=1S/C20H40O4/c1-4-5-6-8-12-15-18(21)20(23)17(2)14-11-9-7-10-13-16-19(22)24-3/h17-18,20-21,23H,4-16H2,1-3H3. The Morgan fingerprint density at radius 2 is 1.42 bits per heavy atom. The Morgan fingerprint density at radius 1 is 0.875 bits per heavy atom. The number of carbonyl (C=O) groups is 1. The van der Waals surface area contributed by atoms with Gasteiger partial charge < -0.3 is 14.9 Å². The Labute approximate surface area is 149 Å². The second-order valence-corrected chi connectivity index (χ2v) is 7.12. The van der Waals surface area contributed by atoms with Gasteiger partial charge in [0.15, 0.2) is 0 Å². The molecule has 0 aromatic rings. The third-order valence-corrected chi connectivity index (χ3v) is 4.85. The average molecular weight is 345 g/mol. The molecule has 24 heavy (non-hydrogen) atoms. The zero-order valence-electron chi connectivity index (χ0n) is 16.1. The molecular weight excluding hydrogens is 304 g/mol. The first-order chi connectivity index (χ1) is 11.5. The number of hydrogen-bond donors (Lipinski definition) is 2. The summed E-state index contributed by atoms with van der Waals surface area (Å²) in [6, 6.07) is 0. The van der Waals surface area contributed by atoms with Gasteiger partial charge in [-0.2, -0.15) is 0 Å². The van der Waals surface area contributed by atoms with E-state index in [-0.39, 0.29) is 11.9 Å². The normalized spacial score (nSPS) is 15.0. The molecule has 0 aromatic heterocycles. The van der Waals surface area contributed by atoms with Crippen molar-refractivity contribution in [1.29, 1.82) is 0 Å². The van der Waals surface area contributed by atoms with Gasteiger partial charge in [0.1, 0.15) is 0 Å².